The van der Waals surface area contributed by atoms with Gasteiger partial charge in [0.25, 0.3) is 5.91 Å². The predicted octanol–water partition coefficient (Wildman–Crippen LogP) is 3.38. The lowest BCUT2D eigenvalue weighted by Crippen LogP contribution is -2.40. The van der Waals surface area contributed by atoms with Crippen LogP contribution in [0.25, 0.3) is 0 Å². The van der Waals surface area contributed by atoms with Crippen LogP contribution < -0.4 is 5.32 Å². The maximum atomic E-state index is 12.8. The number of nitrogens with zero attached hydrogens (tertiary/aromatic N) is 1. The second-order valence-corrected chi connectivity index (χ2v) is 6.54. The van der Waals surface area contributed by atoms with Crippen LogP contribution in [0.5, 0.6) is 0 Å². The molecule has 0 bridgehead atoms. The van der Waals surface area contributed by atoms with Crippen LogP contribution >= 0.6 is 11.8 Å². The average molecular weight is 326 g/mol. The van der Waals surface area contributed by atoms with E-state index in [0.29, 0.717) is 0 Å². The van der Waals surface area contributed by atoms with Crippen LogP contribution in [0.4, 0.5) is 4.79 Å². The molecule has 5 heteroatoms. The summed E-state index contributed by atoms with van der Waals surface area (Å²) < 4.78 is 0. The second kappa shape index (κ2) is 6.08. The minimum absolute atomic E-state index is 0.220. The van der Waals surface area contributed by atoms with Gasteiger partial charge in [0.15, 0.2) is 0 Å². The number of urea groups is 1. The third kappa shape index (κ3) is 2.84. The molecule has 0 spiro atoms. The Morgan fingerprint density at radius 3 is 2.30 bits per heavy atom. The van der Waals surface area contributed by atoms with Gasteiger partial charge < -0.3 is 5.32 Å². The molecule has 1 heterocycles. The molecule has 1 aliphatic rings. The quantitative estimate of drug-likeness (QED) is 0.692. The van der Waals surface area contributed by atoms with Gasteiger partial charge in [-0.05, 0) is 36.4 Å². The highest BCUT2D eigenvalue weighted by atomic mass is 32.2. The highest BCUT2D eigenvalue weighted by Gasteiger charge is 2.48. The Morgan fingerprint density at radius 1 is 1.04 bits per heavy atom. The van der Waals surface area contributed by atoms with E-state index >= 15 is 0 Å². The number of thioether (sulfide) groups is 1. The Hall–Kier alpha value is -2.27. The fourth-order valence-electron chi connectivity index (χ4n) is 2.72. The summed E-state index contributed by atoms with van der Waals surface area (Å²) >= 11 is 1.66. The van der Waals surface area contributed by atoms with Crippen molar-refractivity contribution in [2.75, 3.05) is 6.26 Å². The van der Waals surface area contributed by atoms with Gasteiger partial charge in [0.2, 0.25) is 0 Å². The Labute approximate surface area is 139 Å². The van der Waals surface area contributed by atoms with Crippen LogP contribution in [0.2, 0.25) is 0 Å². The fraction of sp³-hybridized carbons (Fsp3) is 0.222. The largest absolute Gasteiger partial charge is 0.325 e. The first-order valence-electron chi connectivity index (χ1n) is 7.37. The second-order valence-electron chi connectivity index (χ2n) is 5.66. The first-order chi connectivity index (χ1) is 11.0. The van der Waals surface area contributed by atoms with Crippen molar-refractivity contribution in [2.45, 2.75) is 23.9 Å². The molecule has 3 rings (SSSR count). The van der Waals surface area contributed by atoms with E-state index in [1.807, 2.05) is 60.9 Å². The molecule has 2 aromatic carbocycles. The highest BCUT2D eigenvalue weighted by molar-refractivity contribution is 7.98. The van der Waals surface area contributed by atoms with Gasteiger partial charge in [-0.1, -0.05) is 42.5 Å². The molecule has 1 saturated heterocycles. The van der Waals surface area contributed by atoms with E-state index in [0.717, 1.165) is 16.0 Å². The van der Waals surface area contributed by atoms with E-state index in [2.05, 4.69) is 5.32 Å². The molecular weight excluding hydrogens is 308 g/mol. The molecule has 0 radical (unpaired) electrons. The molecule has 1 aliphatic heterocycles. The summed E-state index contributed by atoms with van der Waals surface area (Å²) in [7, 11) is 0. The van der Waals surface area contributed by atoms with E-state index in [1.54, 1.807) is 18.7 Å². The zero-order valence-electron chi connectivity index (χ0n) is 13.1. The number of rotatable bonds is 4. The minimum atomic E-state index is -1.00. The van der Waals surface area contributed by atoms with Crippen LogP contribution in [0.15, 0.2) is 59.5 Å². The fourth-order valence-corrected chi connectivity index (χ4v) is 3.13. The number of amides is 3. The van der Waals surface area contributed by atoms with Crippen LogP contribution in [0.1, 0.15) is 18.1 Å². The summed E-state index contributed by atoms with van der Waals surface area (Å²) in [5.41, 5.74) is 0.722. The van der Waals surface area contributed by atoms with Gasteiger partial charge in [0, 0.05) is 4.90 Å². The van der Waals surface area contributed by atoms with Gasteiger partial charge in [0.1, 0.15) is 5.54 Å². The van der Waals surface area contributed by atoms with Crippen molar-refractivity contribution in [3.63, 3.8) is 0 Å². The van der Waals surface area contributed by atoms with E-state index in [9.17, 15) is 9.59 Å². The first kappa shape index (κ1) is 15.6. The number of hydrogen-bond donors (Lipinski definition) is 1. The topological polar surface area (TPSA) is 49.4 Å². The molecular formula is C18H18N2O2S. The van der Waals surface area contributed by atoms with E-state index in [-0.39, 0.29) is 18.5 Å². The normalized spacial score (nSPS) is 20.7. The van der Waals surface area contributed by atoms with Crippen molar-refractivity contribution < 1.29 is 9.59 Å². The summed E-state index contributed by atoms with van der Waals surface area (Å²) in [5.74, 6) is -0.220. The summed E-state index contributed by atoms with van der Waals surface area (Å²) in [5, 5.41) is 2.82. The van der Waals surface area contributed by atoms with Gasteiger partial charge in [-0.2, -0.15) is 0 Å². The van der Waals surface area contributed by atoms with Gasteiger partial charge >= 0.3 is 6.03 Å². The van der Waals surface area contributed by atoms with E-state index < -0.39 is 5.54 Å². The van der Waals surface area contributed by atoms with Crippen LogP contribution in [0.3, 0.4) is 0 Å². The number of hydrogen-bond acceptors (Lipinski definition) is 3. The molecule has 4 nitrogen and oxygen atoms in total. The van der Waals surface area contributed by atoms with Crippen molar-refractivity contribution in [3.8, 4) is 0 Å². The molecule has 0 saturated carbocycles. The molecule has 3 amide bonds. The lowest BCUT2D eigenvalue weighted by molar-refractivity contribution is -0.131. The number of nitrogens with one attached hydrogen (secondary N) is 1. The number of carbonyl (C=O) groups excluding carboxylic acids is 2. The first-order valence-corrected chi connectivity index (χ1v) is 8.59. The Kier molecular flexibility index (Phi) is 4.13. The Balaban J connectivity index is 1.84. The van der Waals surface area contributed by atoms with Crippen molar-refractivity contribution in [3.05, 3.63) is 65.7 Å². The summed E-state index contributed by atoms with van der Waals surface area (Å²) in [4.78, 5) is 27.5. The molecule has 23 heavy (non-hydrogen) atoms. The van der Waals surface area contributed by atoms with E-state index in [4.69, 9.17) is 0 Å². The van der Waals surface area contributed by atoms with Gasteiger partial charge in [-0.3, -0.25) is 9.69 Å². The standard InChI is InChI=1S/C18H18N2O2S/c1-18(14-6-4-3-5-7-14)16(21)20(17(22)19-18)12-13-8-10-15(23-2)11-9-13/h3-11H,12H2,1-2H3,(H,19,22). The van der Waals surface area contributed by atoms with Crippen LogP contribution in [0, 0.1) is 0 Å². The summed E-state index contributed by atoms with van der Waals surface area (Å²) in [6.07, 6.45) is 2.01. The van der Waals surface area contributed by atoms with Crippen molar-refractivity contribution in [2.24, 2.45) is 0 Å². The lowest BCUT2D eigenvalue weighted by atomic mass is 9.92. The molecule has 118 valence electrons. The predicted molar refractivity (Wildman–Crippen MR) is 91.1 cm³/mol. The van der Waals surface area contributed by atoms with Gasteiger partial charge in [-0.25, -0.2) is 4.79 Å². The molecule has 2 aromatic rings. The SMILES string of the molecule is CSc1ccc(CN2C(=O)NC(C)(c3ccccc3)C2=O)cc1. The van der Waals surface area contributed by atoms with Crippen LogP contribution in [-0.2, 0) is 16.9 Å². The van der Waals surface area contributed by atoms with Crippen molar-refractivity contribution in [1.82, 2.24) is 10.2 Å². The van der Waals surface area contributed by atoms with Gasteiger partial charge in [0.05, 0.1) is 6.54 Å². The zero-order chi connectivity index (χ0) is 16.4. The zero-order valence-corrected chi connectivity index (χ0v) is 13.9. The summed E-state index contributed by atoms with van der Waals surface area (Å²) in [6.45, 7) is 2.03. The van der Waals surface area contributed by atoms with Gasteiger partial charge in [-0.15, -0.1) is 11.8 Å². The molecule has 1 atom stereocenters. The molecule has 0 aromatic heterocycles. The molecule has 0 aliphatic carbocycles. The van der Waals surface area contributed by atoms with Crippen LogP contribution in [-0.4, -0.2) is 23.1 Å². The maximum Gasteiger partial charge on any atom is 0.325 e. The average Bonchev–Trinajstić information content (AvgIpc) is 2.81. The van der Waals surface area contributed by atoms with Crippen molar-refractivity contribution >= 4 is 23.7 Å². The summed E-state index contributed by atoms with van der Waals surface area (Å²) in [6, 6.07) is 16.9. The molecule has 1 N–H and O–H groups in total. The number of imide groups is 1. The number of carbonyl (C=O) groups is 2. The Morgan fingerprint density at radius 2 is 1.70 bits per heavy atom. The third-order valence-corrected chi connectivity index (χ3v) is 4.87. The molecule has 1 fully saturated rings. The monoisotopic (exact) mass is 326 g/mol. The maximum absolute atomic E-state index is 12.8. The van der Waals surface area contributed by atoms with Crippen molar-refractivity contribution in [1.29, 1.82) is 0 Å². The number of benzene rings is 2. The smallest absolute Gasteiger partial charge is 0.319 e. The third-order valence-electron chi connectivity index (χ3n) is 4.13. The minimum Gasteiger partial charge on any atom is -0.319 e. The Bertz CT molecular complexity index is 730. The lowest BCUT2D eigenvalue weighted by Gasteiger charge is -2.22. The molecule has 1 unspecified atom stereocenters. The van der Waals surface area contributed by atoms with E-state index in [1.165, 1.54) is 4.90 Å². The highest BCUT2D eigenvalue weighted by Crippen LogP contribution is 2.29.